The number of aryl methyl sites for hydroxylation is 5. The van der Waals surface area contributed by atoms with Crippen molar-refractivity contribution in [3.05, 3.63) is 69.8 Å². The van der Waals surface area contributed by atoms with Crippen molar-refractivity contribution in [1.29, 1.82) is 0 Å². The first-order valence-electron chi connectivity index (χ1n) is 7.28. The largest absolute Gasteiger partial charge is 0.388 e. The van der Waals surface area contributed by atoms with Gasteiger partial charge in [0.25, 0.3) is 0 Å². The third-order valence-corrected chi connectivity index (χ3v) is 4.07. The molecule has 0 aliphatic rings. The van der Waals surface area contributed by atoms with Crippen LogP contribution in [-0.2, 0) is 6.42 Å². The molecule has 106 valence electrons. The first kappa shape index (κ1) is 14.8. The van der Waals surface area contributed by atoms with Crippen molar-refractivity contribution in [2.24, 2.45) is 0 Å². The molecule has 1 unspecified atom stereocenters. The van der Waals surface area contributed by atoms with Crippen molar-refractivity contribution in [3.8, 4) is 0 Å². The first-order valence-corrected chi connectivity index (χ1v) is 7.28. The first-order chi connectivity index (χ1) is 9.47. The van der Waals surface area contributed by atoms with Crippen molar-refractivity contribution in [3.63, 3.8) is 0 Å². The highest BCUT2D eigenvalue weighted by Gasteiger charge is 2.12. The normalized spacial score (nSPS) is 12.4. The predicted molar refractivity (Wildman–Crippen MR) is 85.1 cm³/mol. The second-order valence-corrected chi connectivity index (χ2v) is 5.83. The highest BCUT2D eigenvalue weighted by Crippen LogP contribution is 2.25. The molecule has 1 N–H and O–H groups in total. The third-order valence-electron chi connectivity index (χ3n) is 4.07. The van der Waals surface area contributed by atoms with Crippen molar-refractivity contribution in [2.45, 2.75) is 46.6 Å². The highest BCUT2D eigenvalue weighted by molar-refractivity contribution is 5.37. The van der Waals surface area contributed by atoms with Gasteiger partial charge in [-0.05, 0) is 68.4 Å². The molecular weight excluding hydrogens is 244 g/mol. The molecule has 1 atom stereocenters. The molecule has 20 heavy (non-hydrogen) atoms. The van der Waals surface area contributed by atoms with E-state index in [2.05, 4.69) is 64.1 Å². The second-order valence-electron chi connectivity index (χ2n) is 5.83. The predicted octanol–water partition coefficient (Wildman–Crippen LogP) is 4.59. The molecule has 0 spiro atoms. The van der Waals surface area contributed by atoms with Gasteiger partial charge in [0.2, 0.25) is 0 Å². The summed E-state index contributed by atoms with van der Waals surface area (Å²) < 4.78 is 0. The molecule has 0 bridgehead atoms. The van der Waals surface area contributed by atoms with E-state index in [0.717, 1.165) is 18.4 Å². The summed E-state index contributed by atoms with van der Waals surface area (Å²) in [5.74, 6) is 0. The maximum Gasteiger partial charge on any atom is 0.0795 e. The average Bonchev–Trinajstić information content (AvgIpc) is 2.42. The summed E-state index contributed by atoms with van der Waals surface area (Å²) in [6, 6.07) is 12.8. The van der Waals surface area contributed by atoms with Gasteiger partial charge in [-0.15, -0.1) is 0 Å². The average molecular weight is 268 g/mol. The standard InChI is InChI=1S/C19H24O/c1-13-5-7-17(8-6-13)9-10-19(20)18-12-15(3)14(2)11-16(18)4/h5-8,11-12,19-20H,9-10H2,1-4H3. The van der Waals surface area contributed by atoms with Gasteiger partial charge in [-0.1, -0.05) is 42.0 Å². The van der Waals surface area contributed by atoms with Crippen LogP contribution < -0.4 is 0 Å². The molecule has 0 heterocycles. The summed E-state index contributed by atoms with van der Waals surface area (Å²) in [5.41, 5.74) is 7.36. The SMILES string of the molecule is Cc1ccc(CCC(O)c2cc(C)c(C)cc2C)cc1. The summed E-state index contributed by atoms with van der Waals surface area (Å²) in [7, 11) is 0. The van der Waals surface area contributed by atoms with Crippen molar-refractivity contribution >= 4 is 0 Å². The number of benzene rings is 2. The fourth-order valence-electron chi connectivity index (χ4n) is 2.56. The summed E-state index contributed by atoms with van der Waals surface area (Å²) in [6.07, 6.45) is 1.30. The Balaban J connectivity index is 2.06. The van der Waals surface area contributed by atoms with Crippen LogP contribution in [0.4, 0.5) is 0 Å². The van der Waals surface area contributed by atoms with E-state index in [1.807, 2.05) is 0 Å². The van der Waals surface area contributed by atoms with Crippen LogP contribution in [0.2, 0.25) is 0 Å². The van der Waals surface area contributed by atoms with E-state index in [-0.39, 0.29) is 6.10 Å². The fraction of sp³-hybridized carbons (Fsp3) is 0.368. The van der Waals surface area contributed by atoms with Crippen molar-refractivity contribution < 1.29 is 5.11 Å². The Morgan fingerprint density at radius 1 is 0.850 bits per heavy atom. The molecule has 1 heteroatoms. The Hall–Kier alpha value is -1.60. The van der Waals surface area contributed by atoms with Gasteiger partial charge in [0, 0.05) is 0 Å². The van der Waals surface area contributed by atoms with Crippen molar-refractivity contribution in [1.82, 2.24) is 0 Å². The summed E-state index contributed by atoms with van der Waals surface area (Å²) in [5, 5.41) is 10.4. The quantitative estimate of drug-likeness (QED) is 0.860. The van der Waals surface area contributed by atoms with E-state index in [9.17, 15) is 5.11 Å². The zero-order chi connectivity index (χ0) is 14.7. The minimum Gasteiger partial charge on any atom is -0.388 e. The fourth-order valence-corrected chi connectivity index (χ4v) is 2.56. The van der Waals surface area contributed by atoms with Gasteiger partial charge >= 0.3 is 0 Å². The zero-order valence-corrected chi connectivity index (χ0v) is 12.9. The minimum absolute atomic E-state index is 0.379. The number of hydrogen-bond acceptors (Lipinski definition) is 1. The van der Waals surface area contributed by atoms with E-state index in [1.165, 1.54) is 27.8 Å². The van der Waals surface area contributed by atoms with E-state index in [0.29, 0.717) is 0 Å². The summed E-state index contributed by atoms with van der Waals surface area (Å²) in [6.45, 7) is 8.39. The van der Waals surface area contributed by atoms with E-state index < -0.39 is 0 Å². The lowest BCUT2D eigenvalue weighted by atomic mass is 9.94. The van der Waals surface area contributed by atoms with Gasteiger partial charge in [0.15, 0.2) is 0 Å². The maximum atomic E-state index is 10.4. The molecule has 0 aliphatic carbocycles. The number of aliphatic hydroxyl groups is 1. The van der Waals surface area contributed by atoms with Crippen LogP contribution in [0.25, 0.3) is 0 Å². The smallest absolute Gasteiger partial charge is 0.0795 e. The molecule has 0 saturated heterocycles. The highest BCUT2D eigenvalue weighted by atomic mass is 16.3. The van der Waals surface area contributed by atoms with E-state index >= 15 is 0 Å². The molecular formula is C19H24O. The van der Waals surface area contributed by atoms with Gasteiger partial charge < -0.3 is 5.11 Å². The molecule has 0 saturated carbocycles. The van der Waals surface area contributed by atoms with E-state index in [1.54, 1.807) is 0 Å². The Kier molecular flexibility index (Phi) is 4.61. The maximum absolute atomic E-state index is 10.4. The third kappa shape index (κ3) is 3.49. The van der Waals surface area contributed by atoms with Crippen LogP contribution in [0.15, 0.2) is 36.4 Å². The minimum atomic E-state index is -0.379. The molecule has 2 aromatic carbocycles. The molecule has 1 nitrogen and oxygen atoms in total. The van der Waals surface area contributed by atoms with Gasteiger partial charge in [-0.25, -0.2) is 0 Å². The van der Waals surface area contributed by atoms with Crippen LogP contribution in [0.5, 0.6) is 0 Å². The van der Waals surface area contributed by atoms with Crippen LogP contribution in [-0.4, -0.2) is 5.11 Å². The molecule has 0 aliphatic heterocycles. The van der Waals surface area contributed by atoms with Gasteiger partial charge in [0.05, 0.1) is 6.10 Å². The lowest BCUT2D eigenvalue weighted by molar-refractivity contribution is 0.167. The lowest BCUT2D eigenvalue weighted by Crippen LogP contribution is -2.03. The Morgan fingerprint density at radius 2 is 1.45 bits per heavy atom. The second kappa shape index (κ2) is 6.23. The van der Waals surface area contributed by atoms with Crippen molar-refractivity contribution in [2.75, 3.05) is 0 Å². The van der Waals surface area contributed by atoms with Crippen LogP contribution in [0.3, 0.4) is 0 Å². The number of hydrogen-bond donors (Lipinski definition) is 1. The number of rotatable bonds is 4. The Labute approximate surface area is 122 Å². The molecule has 0 radical (unpaired) electrons. The van der Waals surface area contributed by atoms with Crippen LogP contribution in [0.1, 0.15) is 45.9 Å². The summed E-state index contributed by atoms with van der Waals surface area (Å²) in [4.78, 5) is 0. The Bertz CT molecular complexity index is 581. The molecule has 0 aromatic heterocycles. The molecule has 2 aromatic rings. The van der Waals surface area contributed by atoms with Gasteiger partial charge in [0.1, 0.15) is 0 Å². The summed E-state index contributed by atoms with van der Waals surface area (Å²) >= 11 is 0. The van der Waals surface area contributed by atoms with E-state index in [4.69, 9.17) is 0 Å². The molecule has 0 amide bonds. The Morgan fingerprint density at radius 3 is 2.10 bits per heavy atom. The van der Waals surface area contributed by atoms with Gasteiger partial charge in [-0.3, -0.25) is 0 Å². The monoisotopic (exact) mass is 268 g/mol. The van der Waals surface area contributed by atoms with Crippen LogP contribution in [0, 0.1) is 27.7 Å². The number of aliphatic hydroxyl groups excluding tert-OH is 1. The molecule has 2 rings (SSSR count). The van der Waals surface area contributed by atoms with Crippen LogP contribution >= 0.6 is 0 Å². The van der Waals surface area contributed by atoms with Gasteiger partial charge in [-0.2, -0.15) is 0 Å². The topological polar surface area (TPSA) is 20.2 Å². The lowest BCUT2D eigenvalue weighted by Gasteiger charge is -2.16. The molecule has 0 fully saturated rings. The zero-order valence-electron chi connectivity index (χ0n) is 12.9.